The highest BCUT2D eigenvalue weighted by Crippen LogP contribution is 2.22. The van der Waals surface area contributed by atoms with E-state index in [0.717, 1.165) is 30.4 Å². The van der Waals surface area contributed by atoms with E-state index in [1.54, 1.807) is 34.6 Å². The molecule has 0 unspecified atom stereocenters. The van der Waals surface area contributed by atoms with E-state index >= 15 is 0 Å². The van der Waals surface area contributed by atoms with E-state index in [0.29, 0.717) is 29.6 Å². The van der Waals surface area contributed by atoms with Gasteiger partial charge in [0, 0.05) is 24.7 Å². The monoisotopic (exact) mass is 435 g/mol. The van der Waals surface area contributed by atoms with Crippen LogP contribution >= 0.6 is 11.6 Å². The summed E-state index contributed by atoms with van der Waals surface area (Å²) < 4.78 is 26.9. The molecule has 0 aliphatic carbocycles. The Morgan fingerprint density at radius 2 is 1.72 bits per heavy atom. The van der Waals surface area contributed by atoms with Crippen molar-refractivity contribution in [3.05, 3.63) is 64.7 Å². The van der Waals surface area contributed by atoms with Crippen molar-refractivity contribution in [3.63, 3.8) is 0 Å². The Bertz CT molecular complexity index is 942. The Hall–Kier alpha value is -2.09. The first kappa shape index (κ1) is 21.6. The highest BCUT2D eigenvalue weighted by molar-refractivity contribution is 7.89. The van der Waals surface area contributed by atoms with Gasteiger partial charge in [-0.3, -0.25) is 0 Å². The number of sulfonamides is 1. The standard InChI is InChI=1S/C21H26ClN3O3S/c1-16(19-7-3-4-8-20(19)22)24-21(26)23-15-17-9-11-18(12-10-17)29(27,28)25-13-5-2-6-14-25/h3-4,7-12,16H,2,5-6,13-15H2,1H3,(H2,23,24,26)/t16-/m0/s1. The number of hydrogen-bond donors (Lipinski definition) is 2. The number of benzene rings is 2. The van der Waals surface area contributed by atoms with E-state index in [1.165, 1.54) is 0 Å². The van der Waals surface area contributed by atoms with Gasteiger partial charge in [0.1, 0.15) is 0 Å². The highest BCUT2D eigenvalue weighted by atomic mass is 35.5. The second-order valence-electron chi connectivity index (χ2n) is 7.18. The Labute approximate surface area is 177 Å². The first-order valence-electron chi connectivity index (χ1n) is 9.76. The lowest BCUT2D eigenvalue weighted by atomic mass is 10.1. The molecule has 1 atom stereocenters. The van der Waals surface area contributed by atoms with Crippen LogP contribution in [0.15, 0.2) is 53.4 Å². The van der Waals surface area contributed by atoms with Crippen LogP contribution in [0.1, 0.15) is 43.4 Å². The molecule has 2 aromatic rings. The highest BCUT2D eigenvalue weighted by Gasteiger charge is 2.25. The zero-order chi connectivity index (χ0) is 20.9. The molecule has 2 aromatic carbocycles. The average Bonchev–Trinajstić information content (AvgIpc) is 2.73. The van der Waals surface area contributed by atoms with Gasteiger partial charge >= 0.3 is 6.03 Å². The van der Waals surface area contributed by atoms with E-state index in [-0.39, 0.29) is 12.1 Å². The van der Waals surface area contributed by atoms with Crippen molar-refractivity contribution in [2.24, 2.45) is 0 Å². The summed E-state index contributed by atoms with van der Waals surface area (Å²) in [5, 5.41) is 6.24. The molecule has 29 heavy (non-hydrogen) atoms. The summed E-state index contributed by atoms with van der Waals surface area (Å²) >= 11 is 6.16. The number of nitrogens with one attached hydrogen (secondary N) is 2. The smallest absolute Gasteiger partial charge is 0.315 e. The minimum absolute atomic E-state index is 0.235. The fraction of sp³-hybridized carbons (Fsp3) is 0.381. The number of urea groups is 1. The summed E-state index contributed by atoms with van der Waals surface area (Å²) in [6, 6.07) is 13.5. The third-order valence-electron chi connectivity index (χ3n) is 5.05. The van der Waals surface area contributed by atoms with Crippen LogP contribution in [0.25, 0.3) is 0 Å². The van der Waals surface area contributed by atoms with E-state index in [1.807, 2.05) is 25.1 Å². The predicted molar refractivity (Wildman–Crippen MR) is 114 cm³/mol. The Morgan fingerprint density at radius 1 is 1.07 bits per heavy atom. The number of hydrogen-bond acceptors (Lipinski definition) is 3. The Morgan fingerprint density at radius 3 is 2.38 bits per heavy atom. The fourth-order valence-corrected chi connectivity index (χ4v) is 5.18. The molecule has 6 nitrogen and oxygen atoms in total. The third-order valence-corrected chi connectivity index (χ3v) is 7.31. The molecule has 1 saturated heterocycles. The molecular weight excluding hydrogens is 410 g/mol. The number of halogens is 1. The van der Waals surface area contributed by atoms with Gasteiger partial charge in [-0.15, -0.1) is 0 Å². The van der Waals surface area contributed by atoms with Gasteiger partial charge in [0.25, 0.3) is 0 Å². The molecular formula is C21H26ClN3O3S. The molecule has 0 radical (unpaired) electrons. The summed E-state index contributed by atoms with van der Waals surface area (Å²) in [5.74, 6) is 0. The van der Waals surface area contributed by atoms with Crippen molar-refractivity contribution in [2.75, 3.05) is 13.1 Å². The van der Waals surface area contributed by atoms with Gasteiger partial charge in [-0.2, -0.15) is 4.31 Å². The normalized spacial score (nSPS) is 16.2. The van der Waals surface area contributed by atoms with E-state index < -0.39 is 10.0 Å². The lowest BCUT2D eigenvalue weighted by Gasteiger charge is -2.25. The predicted octanol–water partition coefficient (Wildman–Crippen LogP) is 4.08. The van der Waals surface area contributed by atoms with Gasteiger partial charge < -0.3 is 10.6 Å². The lowest BCUT2D eigenvalue weighted by Crippen LogP contribution is -2.36. The minimum Gasteiger partial charge on any atom is -0.334 e. The van der Waals surface area contributed by atoms with Gasteiger partial charge in [0.15, 0.2) is 0 Å². The van der Waals surface area contributed by atoms with Gasteiger partial charge in [-0.1, -0.05) is 48.4 Å². The van der Waals surface area contributed by atoms with E-state index in [4.69, 9.17) is 11.6 Å². The van der Waals surface area contributed by atoms with Crippen LogP contribution in [0.4, 0.5) is 4.79 Å². The number of carbonyl (C=O) groups excluding carboxylic acids is 1. The molecule has 0 bridgehead atoms. The Balaban J connectivity index is 1.54. The second-order valence-corrected chi connectivity index (χ2v) is 9.52. The Kier molecular flexibility index (Phi) is 7.16. The number of rotatable bonds is 6. The van der Waals surface area contributed by atoms with E-state index in [9.17, 15) is 13.2 Å². The molecule has 3 rings (SSSR count). The molecule has 1 fully saturated rings. The van der Waals surface area contributed by atoms with Gasteiger partial charge in [0.2, 0.25) is 10.0 Å². The number of carbonyl (C=O) groups is 1. The van der Waals surface area contributed by atoms with Crippen LogP contribution in [-0.4, -0.2) is 31.8 Å². The molecule has 2 N–H and O–H groups in total. The second kappa shape index (κ2) is 9.61. The number of nitrogens with zero attached hydrogens (tertiary/aromatic N) is 1. The van der Waals surface area contributed by atoms with Crippen LogP contribution in [-0.2, 0) is 16.6 Å². The molecule has 0 aromatic heterocycles. The summed E-state index contributed by atoms with van der Waals surface area (Å²) in [4.78, 5) is 12.5. The number of piperidine rings is 1. The summed E-state index contributed by atoms with van der Waals surface area (Å²) in [6.45, 7) is 3.32. The molecule has 156 valence electrons. The third kappa shape index (κ3) is 5.50. The quantitative estimate of drug-likeness (QED) is 0.717. The van der Waals surface area contributed by atoms with Gasteiger partial charge in [-0.05, 0) is 49.1 Å². The maximum absolute atomic E-state index is 12.7. The van der Waals surface area contributed by atoms with Gasteiger partial charge in [-0.25, -0.2) is 13.2 Å². The molecule has 1 aliphatic heterocycles. The molecule has 8 heteroatoms. The van der Waals surface area contributed by atoms with Crippen molar-refractivity contribution >= 4 is 27.7 Å². The van der Waals surface area contributed by atoms with Crippen molar-refractivity contribution in [1.29, 1.82) is 0 Å². The first-order valence-corrected chi connectivity index (χ1v) is 11.6. The molecule has 1 heterocycles. The van der Waals surface area contributed by atoms with Crippen LogP contribution in [0.5, 0.6) is 0 Å². The van der Waals surface area contributed by atoms with Gasteiger partial charge in [0.05, 0.1) is 10.9 Å². The minimum atomic E-state index is -3.44. The van der Waals surface area contributed by atoms with Crippen LogP contribution in [0.3, 0.4) is 0 Å². The largest absolute Gasteiger partial charge is 0.334 e. The molecule has 1 aliphatic rings. The fourth-order valence-electron chi connectivity index (χ4n) is 3.37. The van der Waals surface area contributed by atoms with E-state index in [2.05, 4.69) is 10.6 Å². The summed E-state index contributed by atoms with van der Waals surface area (Å²) in [6.07, 6.45) is 2.89. The topological polar surface area (TPSA) is 78.5 Å². The summed E-state index contributed by atoms with van der Waals surface area (Å²) in [5.41, 5.74) is 1.67. The maximum Gasteiger partial charge on any atom is 0.315 e. The van der Waals surface area contributed by atoms with Crippen molar-refractivity contribution in [1.82, 2.24) is 14.9 Å². The van der Waals surface area contributed by atoms with Crippen LogP contribution < -0.4 is 10.6 Å². The maximum atomic E-state index is 12.7. The molecule has 0 saturated carbocycles. The lowest BCUT2D eigenvalue weighted by molar-refractivity contribution is 0.237. The SMILES string of the molecule is C[C@H](NC(=O)NCc1ccc(S(=O)(=O)N2CCCCC2)cc1)c1ccccc1Cl. The van der Waals surface area contributed by atoms with Crippen LogP contribution in [0.2, 0.25) is 5.02 Å². The summed E-state index contributed by atoms with van der Waals surface area (Å²) in [7, 11) is -3.44. The number of amides is 2. The van der Waals surface area contributed by atoms with Crippen molar-refractivity contribution in [3.8, 4) is 0 Å². The molecule has 2 amide bonds. The van der Waals surface area contributed by atoms with Crippen LogP contribution in [0, 0.1) is 0 Å². The average molecular weight is 436 g/mol. The first-order chi connectivity index (χ1) is 13.9. The zero-order valence-corrected chi connectivity index (χ0v) is 18.0. The molecule has 0 spiro atoms. The zero-order valence-electron chi connectivity index (χ0n) is 16.4. The van der Waals surface area contributed by atoms with Crippen molar-refractivity contribution < 1.29 is 13.2 Å². The van der Waals surface area contributed by atoms with Crippen molar-refractivity contribution in [2.45, 2.75) is 43.7 Å².